The molecule has 0 amide bonds. The molecule has 2 unspecified atom stereocenters. The van der Waals surface area contributed by atoms with E-state index in [4.69, 9.17) is 16.0 Å². The Balaban J connectivity index is 2.25. The van der Waals surface area contributed by atoms with Gasteiger partial charge in [0.15, 0.2) is 0 Å². The number of furan rings is 1. The number of alkyl halides is 1. The van der Waals surface area contributed by atoms with E-state index in [1.54, 1.807) is 6.07 Å². The van der Waals surface area contributed by atoms with Gasteiger partial charge in [-0.25, -0.2) is 8.42 Å². The van der Waals surface area contributed by atoms with E-state index in [1.165, 1.54) is 10.4 Å². The van der Waals surface area contributed by atoms with Crippen LogP contribution in [0, 0.1) is 11.8 Å². The van der Waals surface area contributed by atoms with Crippen molar-refractivity contribution in [3.8, 4) is 0 Å². The standard InChI is InChI=1S/C12H18ClNO3S/c1-9-5-10(2)8-14(7-9)18(15,16)12-4-3-11(6-13)17-12/h3-4,9-10H,5-8H2,1-2H3. The number of hydrogen-bond donors (Lipinski definition) is 0. The van der Waals surface area contributed by atoms with Gasteiger partial charge in [0.25, 0.3) is 10.0 Å². The fourth-order valence-electron chi connectivity index (χ4n) is 2.50. The van der Waals surface area contributed by atoms with Gasteiger partial charge in [0, 0.05) is 13.1 Å². The second-order valence-electron chi connectivity index (χ2n) is 5.12. The zero-order valence-electron chi connectivity index (χ0n) is 10.6. The maximum atomic E-state index is 12.4. The highest BCUT2D eigenvalue weighted by molar-refractivity contribution is 7.89. The number of rotatable bonds is 3. The summed E-state index contributed by atoms with van der Waals surface area (Å²) in [4.78, 5) is 0. The Hall–Kier alpha value is -0.520. The molecule has 2 heterocycles. The van der Waals surface area contributed by atoms with E-state index in [2.05, 4.69) is 13.8 Å². The summed E-state index contributed by atoms with van der Waals surface area (Å²) < 4.78 is 31.6. The van der Waals surface area contributed by atoms with Gasteiger partial charge in [-0.2, -0.15) is 4.31 Å². The Bertz CT molecular complexity index is 501. The van der Waals surface area contributed by atoms with E-state index in [0.717, 1.165) is 6.42 Å². The predicted molar refractivity (Wildman–Crippen MR) is 70.0 cm³/mol. The van der Waals surface area contributed by atoms with E-state index < -0.39 is 10.0 Å². The smallest absolute Gasteiger partial charge is 0.276 e. The summed E-state index contributed by atoms with van der Waals surface area (Å²) in [6, 6.07) is 3.09. The third-order valence-electron chi connectivity index (χ3n) is 3.20. The SMILES string of the molecule is CC1CC(C)CN(S(=O)(=O)c2ccc(CCl)o2)C1. The molecule has 0 radical (unpaired) electrons. The van der Waals surface area contributed by atoms with Gasteiger partial charge < -0.3 is 4.42 Å². The van der Waals surface area contributed by atoms with E-state index in [9.17, 15) is 8.42 Å². The van der Waals surface area contributed by atoms with Crippen LogP contribution in [-0.2, 0) is 15.9 Å². The van der Waals surface area contributed by atoms with Gasteiger partial charge in [-0.15, -0.1) is 11.6 Å². The molecule has 0 aromatic carbocycles. The zero-order valence-corrected chi connectivity index (χ0v) is 12.2. The highest BCUT2D eigenvalue weighted by Gasteiger charge is 2.33. The lowest BCUT2D eigenvalue weighted by Crippen LogP contribution is -2.42. The van der Waals surface area contributed by atoms with Gasteiger partial charge in [-0.05, 0) is 30.4 Å². The molecule has 0 saturated carbocycles. The van der Waals surface area contributed by atoms with Gasteiger partial charge in [0.05, 0.1) is 5.88 Å². The summed E-state index contributed by atoms with van der Waals surface area (Å²) in [6.45, 7) is 5.27. The maximum Gasteiger partial charge on any atom is 0.276 e. The van der Waals surface area contributed by atoms with Crippen LogP contribution in [0.25, 0.3) is 0 Å². The van der Waals surface area contributed by atoms with Gasteiger partial charge in [-0.3, -0.25) is 0 Å². The number of nitrogens with zero attached hydrogens (tertiary/aromatic N) is 1. The first-order valence-electron chi connectivity index (χ1n) is 6.08. The first-order chi connectivity index (χ1) is 8.43. The van der Waals surface area contributed by atoms with E-state index in [0.29, 0.717) is 30.7 Å². The molecule has 2 rings (SSSR count). The fourth-order valence-corrected chi connectivity index (χ4v) is 4.25. The number of halogens is 1. The van der Waals surface area contributed by atoms with Gasteiger partial charge in [0.1, 0.15) is 5.76 Å². The van der Waals surface area contributed by atoms with Crippen LogP contribution in [0.1, 0.15) is 26.0 Å². The van der Waals surface area contributed by atoms with Crippen molar-refractivity contribution < 1.29 is 12.8 Å². The molecule has 0 bridgehead atoms. The van der Waals surface area contributed by atoms with Crippen LogP contribution < -0.4 is 0 Å². The molecule has 0 spiro atoms. The predicted octanol–water partition coefficient (Wildman–Crippen LogP) is 2.69. The summed E-state index contributed by atoms with van der Waals surface area (Å²) in [7, 11) is -3.51. The molecule has 4 nitrogen and oxygen atoms in total. The first-order valence-corrected chi connectivity index (χ1v) is 8.05. The molecule has 18 heavy (non-hydrogen) atoms. The molecule has 0 N–H and O–H groups in total. The van der Waals surface area contributed by atoms with Crippen LogP contribution in [0.3, 0.4) is 0 Å². The van der Waals surface area contributed by atoms with Gasteiger partial charge in [0.2, 0.25) is 5.09 Å². The molecular weight excluding hydrogens is 274 g/mol. The summed E-state index contributed by atoms with van der Waals surface area (Å²) in [5.74, 6) is 1.42. The monoisotopic (exact) mass is 291 g/mol. The molecule has 1 aromatic rings. The van der Waals surface area contributed by atoms with Crippen LogP contribution in [0.4, 0.5) is 0 Å². The minimum Gasteiger partial charge on any atom is -0.447 e. The van der Waals surface area contributed by atoms with Crippen LogP contribution in [-0.4, -0.2) is 25.8 Å². The number of hydrogen-bond acceptors (Lipinski definition) is 3. The molecule has 1 aromatic heterocycles. The summed E-state index contributed by atoms with van der Waals surface area (Å²) >= 11 is 5.62. The quantitative estimate of drug-likeness (QED) is 0.805. The molecule has 0 aliphatic carbocycles. The Kier molecular flexibility index (Phi) is 4.04. The molecule has 1 saturated heterocycles. The Morgan fingerprint density at radius 2 is 1.94 bits per heavy atom. The first kappa shape index (κ1) is 13.9. The molecule has 6 heteroatoms. The van der Waals surface area contributed by atoms with Gasteiger partial charge >= 0.3 is 0 Å². The number of sulfonamides is 1. The minimum atomic E-state index is -3.51. The fraction of sp³-hybridized carbons (Fsp3) is 0.667. The van der Waals surface area contributed by atoms with Crippen LogP contribution in [0.15, 0.2) is 21.6 Å². The normalized spacial score (nSPS) is 26.4. The van der Waals surface area contributed by atoms with E-state index in [-0.39, 0.29) is 11.0 Å². The highest BCUT2D eigenvalue weighted by atomic mass is 35.5. The van der Waals surface area contributed by atoms with E-state index >= 15 is 0 Å². The van der Waals surface area contributed by atoms with Crippen molar-refractivity contribution in [3.63, 3.8) is 0 Å². The van der Waals surface area contributed by atoms with Crippen LogP contribution >= 0.6 is 11.6 Å². The van der Waals surface area contributed by atoms with Crippen molar-refractivity contribution in [1.29, 1.82) is 0 Å². The molecular formula is C12H18ClNO3S. The van der Waals surface area contributed by atoms with Crippen molar-refractivity contribution >= 4 is 21.6 Å². The van der Waals surface area contributed by atoms with Crippen LogP contribution in [0.2, 0.25) is 0 Å². The third kappa shape index (κ3) is 2.73. The second kappa shape index (κ2) is 5.23. The zero-order chi connectivity index (χ0) is 13.3. The van der Waals surface area contributed by atoms with Crippen molar-refractivity contribution in [2.75, 3.05) is 13.1 Å². The Morgan fingerprint density at radius 3 is 2.44 bits per heavy atom. The molecule has 1 aliphatic rings. The average Bonchev–Trinajstić information content (AvgIpc) is 2.76. The topological polar surface area (TPSA) is 50.5 Å². The lowest BCUT2D eigenvalue weighted by Gasteiger charge is -2.33. The lowest BCUT2D eigenvalue weighted by molar-refractivity contribution is 0.218. The minimum absolute atomic E-state index is 0.000509. The second-order valence-corrected chi connectivity index (χ2v) is 7.26. The summed E-state index contributed by atoms with van der Waals surface area (Å²) in [5, 5.41) is -0.000509. The molecule has 1 fully saturated rings. The van der Waals surface area contributed by atoms with Crippen LogP contribution in [0.5, 0.6) is 0 Å². The largest absolute Gasteiger partial charge is 0.447 e. The highest BCUT2D eigenvalue weighted by Crippen LogP contribution is 2.27. The van der Waals surface area contributed by atoms with E-state index in [1.807, 2.05) is 0 Å². The lowest BCUT2D eigenvalue weighted by atomic mass is 9.94. The average molecular weight is 292 g/mol. The maximum absolute atomic E-state index is 12.4. The molecule has 1 aliphatic heterocycles. The van der Waals surface area contributed by atoms with Crippen molar-refractivity contribution in [2.24, 2.45) is 11.8 Å². The number of piperidine rings is 1. The van der Waals surface area contributed by atoms with Gasteiger partial charge in [-0.1, -0.05) is 13.8 Å². The summed E-state index contributed by atoms with van der Waals surface area (Å²) in [5.41, 5.74) is 0. The Morgan fingerprint density at radius 1 is 1.33 bits per heavy atom. The molecule has 102 valence electrons. The van der Waals surface area contributed by atoms with Crippen molar-refractivity contribution in [1.82, 2.24) is 4.31 Å². The Labute approximate surface area is 113 Å². The third-order valence-corrected chi connectivity index (χ3v) is 5.17. The van der Waals surface area contributed by atoms with Crippen molar-refractivity contribution in [2.45, 2.75) is 31.2 Å². The summed E-state index contributed by atoms with van der Waals surface area (Å²) in [6.07, 6.45) is 1.07. The van der Waals surface area contributed by atoms with Crippen molar-refractivity contribution in [3.05, 3.63) is 17.9 Å². The molecule has 2 atom stereocenters.